The summed E-state index contributed by atoms with van der Waals surface area (Å²) < 4.78 is 1.83. The van der Waals surface area contributed by atoms with Crippen LogP contribution in [0.2, 0.25) is 0 Å². The standard InChI is InChI=1S/C13H17N5.2ClH/c1-2-4-13(5-3-1)18-11-12(15-16-18)10-17-8-6-14-7-9-17;;/h1-5,11,14H,6-10H2;2*1H. The molecule has 0 amide bonds. The molecule has 2 aromatic rings. The Hall–Kier alpha value is -1.14. The zero-order valence-corrected chi connectivity index (χ0v) is 12.7. The van der Waals surface area contributed by atoms with Gasteiger partial charge in [-0.2, -0.15) is 0 Å². The Balaban J connectivity index is 0.000001000. The third kappa shape index (κ3) is 4.18. The third-order valence-corrected chi connectivity index (χ3v) is 3.16. The number of hydrogen-bond acceptors (Lipinski definition) is 4. The normalized spacial score (nSPS) is 15.2. The van der Waals surface area contributed by atoms with E-state index in [1.54, 1.807) is 0 Å². The Morgan fingerprint density at radius 1 is 1.05 bits per heavy atom. The molecule has 20 heavy (non-hydrogen) atoms. The van der Waals surface area contributed by atoms with E-state index >= 15 is 0 Å². The van der Waals surface area contributed by atoms with Gasteiger partial charge in [0.05, 0.1) is 17.6 Å². The maximum absolute atomic E-state index is 4.24. The van der Waals surface area contributed by atoms with Gasteiger partial charge in [-0.05, 0) is 12.1 Å². The van der Waals surface area contributed by atoms with Crippen LogP contribution in [0.1, 0.15) is 5.69 Å². The van der Waals surface area contributed by atoms with Crippen molar-refractivity contribution < 1.29 is 0 Å². The van der Waals surface area contributed by atoms with Gasteiger partial charge < -0.3 is 5.32 Å². The molecule has 0 spiro atoms. The van der Waals surface area contributed by atoms with Crippen LogP contribution in [-0.2, 0) is 6.54 Å². The number of nitrogens with zero attached hydrogens (tertiary/aromatic N) is 4. The molecule has 2 heterocycles. The molecule has 1 aliphatic rings. The van der Waals surface area contributed by atoms with Gasteiger partial charge in [-0.25, -0.2) is 4.68 Å². The molecule has 1 aromatic carbocycles. The number of rotatable bonds is 3. The van der Waals surface area contributed by atoms with Crippen LogP contribution in [0.5, 0.6) is 0 Å². The smallest absolute Gasteiger partial charge is 0.0971 e. The van der Waals surface area contributed by atoms with Gasteiger partial charge in [0.25, 0.3) is 0 Å². The first kappa shape index (κ1) is 16.9. The van der Waals surface area contributed by atoms with E-state index in [-0.39, 0.29) is 24.8 Å². The molecular formula is C13H19Cl2N5. The van der Waals surface area contributed by atoms with Crippen molar-refractivity contribution >= 4 is 24.8 Å². The van der Waals surface area contributed by atoms with Gasteiger partial charge in [-0.1, -0.05) is 23.4 Å². The highest BCUT2D eigenvalue weighted by Gasteiger charge is 2.12. The van der Waals surface area contributed by atoms with Crippen molar-refractivity contribution in [3.8, 4) is 5.69 Å². The highest BCUT2D eigenvalue weighted by molar-refractivity contribution is 5.85. The first-order valence-corrected chi connectivity index (χ1v) is 6.31. The fraction of sp³-hybridized carbons (Fsp3) is 0.385. The summed E-state index contributed by atoms with van der Waals surface area (Å²) in [4.78, 5) is 2.40. The predicted octanol–water partition coefficient (Wildman–Crippen LogP) is 1.52. The van der Waals surface area contributed by atoms with Crippen molar-refractivity contribution in [3.63, 3.8) is 0 Å². The Labute approximate surface area is 131 Å². The summed E-state index contributed by atoms with van der Waals surface area (Å²) in [5.74, 6) is 0. The van der Waals surface area contributed by atoms with Gasteiger partial charge >= 0.3 is 0 Å². The average molecular weight is 316 g/mol. The maximum atomic E-state index is 4.24. The molecule has 0 unspecified atom stereocenters. The lowest BCUT2D eigenvalue weighted by Gasteiger charge is -2.25. The van der Waals surface area contributed by atoms with Crippen LogP contribution in [0.15, 0.2) is 36.5 Å². The topological polar surface area (TPSA) is 46.0 Å². The van der Waals surface area contributed by atoms with E-state index in [9.17, 15) is 0 Å². The second kappa shape index (κ2) is 8.21. The van der Waals surface area contributed by atoms with Crippen molar-refractivity contribution in [1.82, 2.24) is 25.2 Å². The summed E-state index contributed by atoms with van der Waals surface area (Å²) in [5, 5.41) is 11.8. The zero-order valence-electron chi connectivity index (χ0n) is 11.1. The molecule has 1 fully saturated rings. The summed E-state index contributed by atoms with van der Waals surface area (Å²) in [6.07, 6.45) is 2.01. The fourth-order valence-electron chi connectivity index (χ4n) is 2.18. The first-order chi connectivity index (χ1) is 8.92. The van der Waals surface area contributed by atoms with E-state index in [0.717, 1.165) is 44.1 Å². The minimum absolute atomic E-state index is 0. The lowest BCUT2D eigenvalue weighted by atomic mass is 10.3. The second-order valence-corrected chi connectivity index (χ2v) is 4.52. The quantitative estimate of drug-likeness (QED) is 0.932. The molecule has 0 radical (unpaired) electrons. The van der Waals surface area contributed by atoms with Gasteiger partial charge in [0.2, 0.25) is 0 Å². The lowest BCUT2D eigenvalue weighted by Crippen LogP contribution is -2.42. The highest BCUT2D eigenvalue weighted by atomic mass is 35.5. The molecule has 1 saturated heterocycles. The van der Waals surface area contributed by atoms with Gasteiger partial charge in [0.1, 0.15) is 0 Å². The van der Waals surface area contributed by atoms with Crippen molar-refractivity contribution in [3.05, 3.63) is 42.2 Å². The predicted molar refractivity (Wildman–Crippen MR) is 84.0 cm³/mol. The molecule has 0 bridgehead atoms. The number of aromatic nitrogens is 3. The summed E-state index contributed by atoms with van der Waals surface area (Å²) >= 11 is 0. The molecule has 7 heteroatoms. The molecule has 0 atom stereocenters. The van der Waals surface area contributed by atoms with Crippen molar-refractivity contribution in [2.75, 3.05) is 26.2 Å². The van der Waals surface area contributed by atoms with E-state index < -0.39 is 0 Å². The number of para-hydroxylation sites is 1. The SMILES string of the molecule is Cl.Cl.c1ccc(-n2cc(CN3CCNCC3)nn2)cc1. The average Bonchev–Trinajstić information content (AvgIpc) is 2.89. The lowest BCUT2D eigenvalue weighted by molar-refractivity contribution is 0.230. The van der Waals surface area contributed by atoms with Gasteiger partial charge in [-0.3, -0.25) is 4.90 Å². The van der Waals surface area contributed by atoms with Crippen LogP contribution in [0.4, 0.5) is 0 Å². The van der Waals surface area contributed by atoms with Crippen LogP contribution in [0, 0.1) is 0 Å². The van der Waals surface area contributed by atoms with Crippen LogP contribution < -0.4 is 5.32 Å². The van der Waals surface area contributed by atoms with E-state index in [2.05, 4.69) is 20.5 Å². The number of hydrogen-bond donors (Lipinski definition) is 1. The van der Waals surface area contributed by atoms with E-state index in [4.69, 9.17) is 0 Å². The number of benzene rings is 1. The Morgan fingerprint density at radius 3 is 2.45 bits per heavy atom. The van der Waals surface area contributed by atoms with E-state index in [1.807, 2.05) is 41.2 Å². The van der Waals surface area contributed by atoms with Gasteiger partial charge in [0, 0.05) is 32.7 Å². The minimum atomic E-state index is 0. The monoisotopic (exact) mass is 315 g/mol. The summed E-state index contributed by atoms with van der Waals surface area (Å²) in [7, 11) is 0. The van der Waals surface area contributed by atoms with E-state index in [0.29, 0.717) is 0 Å². The van der Waals surface area contributed by atoms with Crippen LogP contribution in [0.25, 0.3) is 5.69 Å². The van der Waals surface area contributed by atoms with Crippen molar-refractivity contribution in [2.45, 2.75) is 6.54 Å². The molecule has 3 rings (SSSR count). The second-order valence-electron chi connectivity index (χ2n) is 4.52. The molecule has 110 valence electrons. The number of nitrogens with one attached hydrogen (secondary N) is 1. The van der Waals surface area contributed by atoms with Gasteiger partial charge in [0.15, 0.2) is 0 Å². The summed E-state index contributed by atoms with van der Waals surface area (Å²) in [6, 6.07) is 10.1. The fourth-order valence-corrected chi connectivity index (χ4v) is 2.18. The molecule has 5 nitrogen and oxygen atoms in total. The van der Waals surface area contributed by atoms with Crippen LogP contribution in [-0.4, -0.2) is 46.1 Å². The molecule has 0 saturated carbocycles. The highest BCUT2D eigenvalue weighted by Crippen LogP contribution is 2.07. The largest absolute Gasteiger partial charge is 0.314 e. The van der Waals surface area contributed by atoms with Crippen molar-refractivity contribution in [1.29, 1.82) is 0 Å². The number of halogens is 2. The molecule has 1 aliphatic heterocycles. The maximum Gasteiger partial charge on any atom is 0.0971 e. The van der Waals surface area contributed by atoms with Crippen molar-refractivity contribution in [2.24, 2.45) is 0 Å². The van der Waals surface area contributed by atoms with Crippen LogP contribution >= 0.6 is 24.8 Å². The molecule has 1 N–H and O–H groups in total. The Kier molecular flexibility index (Phi) is 6.95. The Bertz CT molecular complexity index is 496. The Morgan fingerprint density at radius 2 is 1.75 bits per heavy atom. The molecular weight excluding hydrogens is 297 g/mol. The van der Waals surface area contributed by atoms with E-state index in [1.165, 1.54) is 0 Å². The minimum Gasteiger partial charge on any atom is -0.314 e. The van der Waals surface area contributed by atoms with Gasteiger partial charge in [-0.15, -0.1) is 29.9 Å². The molecule has 0 aliphatic carbocycles. The number of piperazine rings is 1. The zero-order chi connectivity index (χ0) is 12.2. The summed E-state index contributed by atoms with van der Waals surface area (Å²) in [5.41, 5.74) is 2.08. The molecule has 1 aromatic heterocycles. The third-order valence-electron chi connectivity index (χ3n) is 3.16. The first-order valence-electron chi connectivity index (χ1n) is 6.31. The summed E-state index contributed by atoms with van der Waals surface area (Å²) in [6.45, 7) is 5.17. The van der Waals surface area contributed by atoms with Crippen LogP contribution in [0.3, 0.4) is 0 Å².